The predicted octanol–water partition coefficient (Wildman–Crippen LogP) is 3.23. The molecule has 3 rings (SSSR count). The molecular formula is C18H15ClN2O2. The number of hydrogen-bond acceptors (Lipinski definition) is 3. The molecule has 5 heteroatoms. The van der Waals surface area contributed by atoms with Gasteiger partial charge in [-0.1, -0.05) is 41.9 Å². The Morgan fingerprint density at radius 3 is 2.30 bits per heavy atom. The van der Waals surface area contributed by atoms with Gasteiger partial charge in [-0.3, -0.25) is 9.59 Å². The lowest BCUT2D eigenvalue weighted by atomic mass is 10.2. The van der Waals surface area contributed by atoms with E-state index in [0.29, 0.717) is 23.0 Å². The average Bonchev–Trinajstić information content (AvgIpc) is 2.84. The number of carbonyl (C=O) groups is 2. The van der Waals surface area contributed by atoms with E-state index < -0.39 is 0 Å². The lowest BCUT2D eigenvalue weighted by Gasteiger charge is -2.21. The third-order valence-corrected chi connectivity index (χ3v) is 3.91. The number of hydrogen-bond donors (Lipinski definition) is 0. The Kier molecular flexibility index (Phi) is 4.17. The van der Waals surface area contributed by atoms with Crippen LogP contribution in [-0.2, 0) is 16.1 Å². The molecule has 2 aromatic rings. The van der Waals surface area contributed by atoms with E-state index in [4.69, 9.17) is 11.6 Å². The first-order chi connectivity index (χ1) is 11.1. The molecule has 1 aliphatic rings. The number of imide groups is 1. The van der Waals surface area contributed by atoms with Crippen LogP contribution in [0.1, 0.15) is 5.56 Å². The highest BCUT2D eigenvalue weighted by Gasteiger charge is 2.34. The van der Waals surface area contributed by atoms with Gasteiger partial charge in [0.1, 0.15) is 5.70 Å². The van der Waals surface area contributed by atoms with Gasteiger partial charge in [0.15, 0.2) is 0 Å². The molecule has 1 heterocycles. The quantitative estimate of drug-likeness (QED) is 0.810. The van der Waals surface area contributed by atoms with Gasteiger partial charge in [0.25, 0.3) is 11.8 Å². The zero-order valence-electron chi connectivity index (χ0n) is 12.6. The topological polar surface area (TPSA) is 40.6 Å². The van der Waals surface area contributed by atoms with Crippen molar-refractivity contribution >= 4 is 29.1 Å². The maximum absolute atomic E-state index is 12.6. The zero-order chi connectivity index (χ0) is 16.4. The fourth-order valence-corrected chi connectivity index (χ4v) is 2.63. The summed E-state index contributed by atoms with van der Waals surface area (Å²) in [5.74, 6) is -0.664. The number of anilines is 1. The molecule has 0 fully saturated rings. The second-order valence-corrected chi connectivity index (χ2v) is 5.76. The first-order valence-electron chi connectivity index (χ1n) is 7.17. The summed E-state index contributed by atoms with van der Waals surface area (Å²) in [5, 5.41) is 0.558. The molecule has 0 radical (unpaired) electrons. The molecule has 4 nitrogen and oxygen atoms in total. The van der Waals surface area contributed by atoms with Crippen LogP contribution in [0.25, 0.3) is 0 Å². The van der Waals surface area contributed by atoms with Crippen molar-refractivity contribution in [2.24, 2.45) is 0 Å². The number of carbonyl (C=O) groups excluding carboxylic acids is 2. The largest absolute Gasteiger partial charge is 0.366 e. The molecule has 0 bridgehead atoms. The van der Waals surface area contributed by atoms with Crippen LogP contribution in [0.15, 0.2) is 66.4 Å². The van der Waals surface area contributed by atoms with Gasteiger partial charge in [0.05, 0.1) is 5.69 Å². The maximum atomic E-state index is 12.6. The van der Waals surface area contributed by atoms with E-state index in [2.05, 4.69) is 0 Å². The molecule has 0 spiro atoms. The number of rotatable bonds is 4. The summed E-state index contributed by atoms with van der Waals surface area (Å²) in [6.45, 7) is 0.556. The van der Waals surface area contributed by atoms with Crippen molar-refractivity contribution in [3.05, 3.63) is 77.0 Å². The monoisotopic (exact) mass is 326 g/mol. The molecule has 0 N–H and O–H groups in total. The predicted molar refractivity (Wildman–Crippen MR) is 89.9 cm³/mol. The Balaban J connectivity index is 1.79. The van der Waals surface area contributed by atoms with Crippen molar-refractivity contribution in [2.45, 2.75) is 6.54 Å². The number of benzene rings is 2. The Hall–Kier alpha value is -2.59. The molecule has 0 saturated heterocycles. The van der Waals surface area contributed by atoms with Crippen molar-refractivity contribution in [3.63, 3.8) is 0 Å². The van der Waals surface area contributed by atoms with E-state index in [9.17, 15) is 9.59 Å². The summed E-state index contributed by atoms with van der Waals surface area (Å²) in [6, 6.07) is 16.4. The van der Waals surface area contributed by atoms with E-state index in [1.165, 1.54) is 6.08 Å². The average molecular weight is 327 g/mol. The second kappa shape index (κ2) is 6.26. The van der Waals surface area contributed by atoms with Crippen molar-refractivity contribution < 1.29 is 9.59 Å². The van der Waals surface area contributed by atoms with Crippen molar-refractivity contribution in [2.75, 3.05) is 11.9 Å². The highest BCUT2D eigenvalue weighted by atomic mass is 35.5. The number of amides is 2. The second-order valence-electron chi connectivity index (χ2n) is 5.33. The van der Waals surface area contributed by atoms with Crippen molar-refractivity contribution in [1.29, 1.82) is 0 Å². The number of halogens is 1. The van der Waals surface area contributed by atoms with Crippen molar-refractivity contribution in [3.8, 4) is 0 Å². The minimum absolute atomic E-state index is 0.323. The Bertz CT molecular complexity index is 769. The van der Waals surface area contributed by atoms with Gasteiger partial charge in [-0.25, -0.2) is 4.90 Å². The molecule has 2 aromatic carbocycles. The first-order valence-corrected chi connectivity index (χ1v) is 7.55. The van der Waals surface area contributed by atoms with Crippen LogP contribution in [0.2, 0.25) is 5.02 Å². The van der Waals surface area contributed by atoms with Crippen LogP contribution in [0.4, 0.5) is 5.69 Å². The van der Waals surface area contributed by atoms with Gasteiger partial charge in [-0.05, 0) is 29.8 Å². The van der Waals surface area contributed by atoms with E-state index in [1.54, 1.807) is 36.2 Å². The van der Waals surface area contributed by atoms with E-state index in [0.717, 1.165) is 10.5 Å². The van der Waals surface area contributed by atoms with Gasteiger partial charge in [0.2, 0.25) is 0 Å². The fourth-order valence-electron chi connectivity index (χ4n) is 2.51. The molecule has 0 unspecified atom stereocenters. The highest BCUT2D eigenvalue weighted by Crippen LogP contribution is 2.25. The lowest BCUT2D eigenvalue weighted by molar-refractivity contribution is -0.120. The number of nitrogens with zero attached hydrogens (tertiary/aromatic N) is 2. The molecular weight excluding hydrogens is 312 g/mol. The molecule has 116 valence electrons. The molecule has 1 aliphatic heterocycles. The van der Waals surface area contributed by atoms with Crippen LogP contribution in [0, 0.1) is 0 Å². The molecule has 0 aliphatic carbocycles. The minimum atomic E-state index is -0.341. The normalized spacial score (nSPS) is 14.2. The summed E-state index contributed by atoms with van der Waals surface area (Å²) < 4.78 is 0. The third-order valence-electron chi connectivity index (χ3n) is 3.66. The smallest absolute Gasteiger partial charge is 0.281 e. The third kappa shape index (κ3) is 3.12. The van der Waals surface area contributed by atoms with Gasteiger partial charge >= 0.3 is 0 Å². The van der Waals surface area contributed by atoms with Crippen LogP contribution in [0.5, 0.6) is 0 Å². The molecule has 23 heavy (non-hydrogen) atoms. The number of likely N-dealkylation sites (N-methyl/N-ethyl adjacent to an activating group) is 1. The van der Waals surface area contributed by atoms with Gasteiger partial charge in [-0.15, -0.1) is 0 Å². The van der Waals surface area contributed by atoms with E-state index in [-0.39, 0.29) is 11.8 Å². The van der Waals surface area contributed by atoms with Crippen LogP contribution in [-0.4, -0.2) is 23.8 Å². The summed E-state index contributed by atoms with van der Waals surface area (Å²) >= 11 is 5.85. The molecule has 0 aromatic heterocycles. The Labute approximate surface area is 139 Å². The SMILES string of the molecule is CN(Cc1ccccc1)C1=CC(=O)N(c2ccc(Cl)cc2)C1=O. The highest BCUT2D eigenvalue weighted by molar-refractivity contribution is 6.32. The van der Waals surface area contributed by atoms with Crippen LogP contribution < -0.4 is 4.90 Å². The first kappa shape index (κ1) is 15.3. The molecule has 0 saturated carbocycles. The Morgan fingerprint density at radius 1 is 1.00 bits per heavy atom. The van der Waals surface area contributed by atoms with E-state index in [1.807, 2.05) is 30.3 Å². The minimum Gasteiger partial charge on any atom is -0.366 e. The molecule has 0 atom stereocenters. The zero-order valence-corrected chi connectivity index (χ0v) is 13.3. The van der Waals surface area contributed by atoms with Gasteiger partial charge in [0, 0.05) is 24.7 Å². The fraction of sp³-hybridized carbons (Fsp3) is 0.111. The summed E-state index contributed by atoms with van der Waals surface area (Å²) in [6.07, 6.45) is 1.37. The van der Waals surface area contributed by atoms with Crippen LogP contribution in [0.3, 0.4) is 0 Å². The van der Waals surface area contributed by atoms with Gasteiger partial charge < -0.3 is 4.90 Å². The standard InChI is InChI=1S/C18H15ClN2O2/c1-20(12-13-5-3-2-4-6-13)16-11-17(22)21(18(16)23)15-9-7-14(19)8-10-15/h2-11H,12H2,1H3. The summed E-state index contributed by atoms with van der Waals surface area (Å²) in [5.41, 5.74) is 1.97. The summed E-state index contributed by atoms with van der Waals surface area (Å²) in [4.78, 5) is 27.7. The summed E-state index contributed by atoms with van der Waals surface area (Å²) in [7, 11) is 1.80. The maximum Gasteiger partial charge on any atom is 0.281 e. The van der Waals surface area contributed by atoms with E-state index >= 15 is 0 Å². The molecule has 2 amide bonds. The lowest BCUT2D eigenvalue weighted by Crippen LogP contribution is -2.33. The van der Waals surface area contributed by atoms with Gasteiger partial charge in [-0.2, -0.15) is 0 Å². The van der Waals surface area contributed by atoms with Crippen LogP contribution >= 0.6 is 11.6 Å². The Morgan fingerprint density at radius 2 is 1.65 bits per heavy atom. The van der Waals surface area contributed by atoms with Crippen molar-refractivity contribution in [1.82, 2.24) is 4.90 Å².